The van der Waals surface area contributed by atoms with Crippen molar-refractivity contribution in [2.24, 2.45) is 0 Å². The number of hydrogen-bond acceptors (Lipinski definition) is 2. The van der Waals surface area contributed by atoms with E-state index in [1.165, 1.54) is 109 Å². The van der Waals surface area contributed by atoms with Crippen LogP contribution in [-0.2, 0) is 4.74 Å². The number of unbranched alkanes of at least 4 members (excludes halogenated alkanes) is 13. The first-order chi connectivity index (χ1) is 12.6. The number of quaternary nitrogens is 1. The summed E-state index contributed by atoms with van der Waals surface area (Å²) in [6.45, 7) is 3.85. The van der Waals surface area contributed by atoms with E-state index in [9.17, 15) is 0 Å². The Balaban J connectivity index is 1.73. The topological polar surface area (TPSA) is 29.5 Å². The van der Waals surface area contributed by atoms with E-state index >= 15 is 0 Å². The number of nitrogens with zero attached hydrogens (tertiary/aromatic N) is 1. The molecule has 1 atom stereocenters. The Morgan fingerprint density at radius 3 is 1.65 bits per heavy atom. The minimum Gasteiger partial charge on any atom is -0.396 e. The highest BCUT2D eigenvalue weighted by molar-refractivity contribution is 4.63. The lowest BCUT2D eigenvalue weighted by atomic mass is 10.0. The van der Waals surface area contributed by atoms with Gasteiger partial charge in [-0.05, 0) is 25.7 Å². The SMILES string of the molecule is C[N+]1(C)CCCC(OCCCCCCCCCCCCCCCCO)C1. The predicted molar refractivity (Wildman–Crippen MR) is 113 cm³/mol. The zero-order valence-electron chi connectivity index (χ0n) is 18.0. The molecule has 0 amide bonds. The minimum absolute atomic E-state index is 0.366. The summed E-state index contributed by atoms with van der Waals surface area (Å²) in [6.07, 6.45) is 21.9. The molecule has 1 N–H and O–H groups in total. The summed E-state index contributed by atoms with van der Waals surface area (Å²) in [5, 5.41) is 8.73. The van der Waals surface area contributed by atoms with Crippen LogP contribution in [0.25, 0.3) is 0 Å². The zero-order valence-corrected chi connectivity index (χ0v) is 18.0. The second-order valence-electron chi connectivity index (χ2n) is 9.15. The van der Waals surface area contributed by atoms with Gasteiger partial charge in [0, 0.05) is 13.2 Å². The summed E-state index contributed by atoms with van der Waals surface area (Å²) >= 11 is 0. The van der Waals surface area contributed by atoms with Crippen molar-refractivity contribution in [1.29, 1.82) is 0 Å². The molecule has 1 aliphatic rings. The average molecular weight is 371 g/mol. The molecule has 1 unspecified atom stereocenters. The summed E-state index contributed by atoms with van der Waals surface area (Å²) < 4.78 is 7.24. The molecule has 0 aromatic rings. The fraction of sp³-hybridized carbons (Fsp3) is 1.00. The Morgan fingerprint density at radius 2 is 1.19 bits per heavy atom. The molecule has 0 aliphatic carbocycles. The van der Waals surface area contributed by atoms with Crippen LogP contribution in [0.2, 0.25) is 0 Å². The molecular weight excluding hydrogens is 322 g/mol. The van der Waals surface area contributed by atoms with Gasteiger partial charge in [-0.15, -0.1) is 0 Å². The molecule has 1 fully saturated rings. The summed E-state index contributed by atoms with van der Waals surface area (Å²) in [7, 11) is 4.66. The van der Waals surface area contributed by atoms with Crippen molar-refractivity contribution < 1.29 is 14.3 Å². The maximum Gasteiger partial charge on any atom is 0.107 e. The molecule has 0 bridgehead atoms. The number of likely N-dealkylation sites (N-methyl/N-ethyl adjacent to an activating group) is 1. The van der Waals surface area contributed by atoms with Gasteiger partial charge in [-0.25, -0.2) is 0 Å². The predicted octanol–water partition coefficient (Wildman–Crippen LogP) is 5.70. The smallest absolute Gasteiger partial charge is 0.107 e. The summed E-state index contributed by atoms with van der Waals surface area (Å²) in [5.41, 5.74) is 0. The van der Waals surface area contributed by atoms with E-state index < -0.39 is 0 Å². The Morgan fingerprint density at radius 1 is 0.731 bits per heavy atom. The van der Waals surface area contributed by atoms with E-state index in [0.717, 1.165) is 17.5 Å². The van der Waals surface area contributed by atoms with E-state index in [2.05, 4.69) is 14.1 Å². The first-order valence-electron chi connectivity index (χ1n) is 11.7. The third kappa shape index (κ3) is 14.0. The van der Waals surface area contributed by atoms with Crippen molar-refractivity contribution in [1.82, 2.24) is 0 Å². The quantitative estimate of drug-likeness (QED) is 0.263. The van der Waals surface area contributed by atoms with Gasteiger partial charge in [-0.1, -0.05) is 77.0 Å². The second-order valence-corrected chi connectivity index (χ2v) is 9.15. The van der Waals surface area contributed by atoms with Crippen LogP contribution in [0, 0.1) is 0 Å². The van der Waals surface area contributed by atoms with Crippen LogP contribution < -0.4 is 0 Å². The van der Waals surface area contributed by atoms with Crippen molar-refractivity contribution >= 4 is 0 Å². The van der Waals surface area contributed by atoms with E-state index in [-0.39, 0.29) is 0 Å². The van der Waals surface area contributed by atoms with Crippen molar-refractivity contribution in [3.05, 3.63) is 0 Å². The third-order valence-electron chi connectivity index (χ3n) is 5.89. The van der Waals surface area contributed by atoms with Crippen LogP contribution in [-0.4, -0.2) is 56.1 Å². The number of rotatable bonds is 17. The Kier molecular flexibility index (Phi) is 14.6. The van der Waals surface area contributed by atoms with Crippen molar-refractivity contribution in [2.45, 2.75) is 109 Å². The molecule has 1 heterocycles. The Hall–Kier alpha value is -0.120. The third-order valence-corrected chi connectivity index (χ3v) is 5.89. The van der Waals surface area contributed by atoms with E-state index in [0.29, 0.717) is 12.7 Å². The lowest BCUT2D eigenvalue weighted by Gasteiger charge is -2.37. The molecule has 0 saturated carbocycles. The van der Waals surface area contributed by atoms with Crippen LogP contribution >= 0.6 is 0 Å². The Bertz CT molecular complexity index is 307. The van der Waals surface area contributed by atoms with E-state index in [4.69, 9.17) is 9.84 Å². The number of likely N-dealkylation sites (tertiary alicyclic amines) is 1. The zero-order chi connectivity index (χ0) is 18.9. The summed E-state index contributed by atoms with van der Waals surface area (Å²) in [6, 6.07) is 0. The van der Waals surface area contributed by atoms with Gasteiger partial charge in [0.1, 0.15) is 12.6 Å². The standard InChI is InChI=1S/C23H48NO2/c1-24(2)19-17-18-23(22-24)26-21-16-14-12-10-8-6-4-3-5-7-9-11-13-15-20-25/h23,25H,3-22H2,1-2H3/q+1. The van der Waals surface area contributed by atoms with Crippen LogP contribution in [0.3, 0.4) is 0 Å². The molecular formula is C23H48NO2+. The van der Waals surface area contributed by atoms with Gasteiger partial charge < -0.3 is 14.3 Å². The number of ether oxygens (including phenoxy) is 1. The molecule has 0 radical (unpaired) electrons. The van der Waals surface area contributed by atoms with E-state index in [1.807, 2.05) is 0 Å². The van der Waals surface area contributed by atoms with Gasteiger partial charge in [0.25, 0.3) is 0 Å². The molecule has 26 heavy (non-hydrogen) atoms. The molecule has 3 nitrogen and oxygen atoms in total. The average Bonchev–Trinajstić information content (AvgIpc) is 2.60. The molecule has 0 aromatic carbocycles. The molecule has 156 valence electrons. The maximum absolute atomic E-state index is 8.73. The highest BCUT2D eigenvalue weighted by Crippen LogP contribution is 2.17. The number of aliphatic hydroxyl groups excluding tert-OH is 1. The fourth-order valence-electron chi connectivity index (χ4n) is 4.20. The number of piperidine rings is 1. The number of hydrogen-bond donors (Lipinski definition) is 1. The molecule has 1 saturated heterocycles. The van der Waals surface area contributed by atoms with Crippen molar-refractivity contribution in [2.75, 3.05) is 40.4 Å². The highest BCUT2D eigenvalue weighted by Gasteiger charge is 2.27. The monoisotopic (exact) mass is 370 g/mol. The first-order valence-corrected chi connectivity index (χ1v) is 11.7. The maximum atomic E-state index is 8.73. The summed E-state index contributed by atoms with van der Waals surface area (Å²) in [4.78, 5) is 0. The normalized spacial score (nSPS) is 19.7. The van der Waals surface area contributed by atoms with Crippen LogP contribution in [0.1, 0.15) is 103 Å². The van der Waals surface area contributed by atoms with E-state index in [1.54, 1.807) is 0 Å². The second kappa shape index (κ2) is 15.9. The van der Waals surface area contributed by atoms with Gasteiger partial charge in [0.05, 0.1) is 20.6 Å². The molecule has 0 spiro atoms. The van der Waals surface area contributed by atoms with Crippen LogP contribution in [0.4, 0.5) is 0 Å². The summed E-state index contributed by atoms with van der Waals surface area (Å²) in [5.74, 6) is 0. The van der Waals surface area contributed by atoms with Crippen molar-refractivity contribution in [3.63, 3.8) is 0 Å². The van der Waals surface area contributed by atoms with Crippen LogP contribution in [0.5, 0.6) is 0 Å². The lowest BCUT2D eigenvalue weighted by molar-refractivity contribution is -0.898. The minimum atomic E-state index is 0.366. The van der Waals surface area contributed by atoms with Gasteiger partial charge >= 0.3 is 0 Å². The lowest BCUT2D eigenvalue weighted by Crippen LogP contribution is -2.50. The van der Waals surface area contributed by atoms with Crippen molar-refractivity contribution in [3.8, 4) is 0 Å². The fourth-order valence-corrected chi connectivity index (χ4v) is 4.20. The van der Waals surface area contributed by atoms with Gasteiger partial charge in [-0.2, -0.15) is 0 Å². The van der Waals surface area contributed by atoms with Gasteiger partial charge in [0.15, 0.2) is 0 Å². The number of aliphatic hydroxyl groups is 1. The largest absolute Gasteiger partial charge is 0.396 e. The van der Waals surface area contributed by atoms with Gasteiger partial charge in [-0.3, -0.25) is 0 Å². The first kappa shape index (κ1) is 23.9. The Labute approximate surface area is 164 Å². The molecule has 1 aliphatic heterocycles. The molecule has 0 aromatic heterocycles. The van der Waals surface area contributed by atoms with Crippen LogP contribution in [0.15, 0.2) is 0 Å². The van der Waals surface area contributed by atoms with Gasteiger partial charge in [0.2, 0.25) is 0 Å². The molecule has 1 rings (SSSR count). The highest BCUT2D eigenvalue weighted by atomic mass is 16.5. The molecule has 3 heteroatoms.